The van der Waals surface area contributed by atoms with Crippen molar-refractivity contribution in [1.29, 1.82) is 0 Å². The number of nitrogens with zero attached hydrogens (tertiary/aromatic N) is 3. The highest BCUT2D eigenvalue weighted by Gasteiger charge is 2.28. The fraction of sp³-hybridized carbons (Fsp3) is 0.222. The van der Waals surface area contributed by atoms with Crippen LogP contribution in [0.5, 0.6) is 0 Å². The van der Waals surface area contributed by atoms with Gasteiger partial charge in [0.2, 0.25) is 5.71 Å². The number of amides is 1. The first-order valence-corrected chi connectivity index (χ1v) is 7.93. The molecule has 1 aliphatic rings. The molecule has 126 valence electrons. The van der Waals surface area contributed by atoms with E-state index in [1.54, 1.807) is 0 Å². The average molecular weight is 336 g/mol. The second kappa shape index (κ2) is 6.01. The minimum Gasteiger partial charge on any atom is -0.443 e. The van der Waals surface area contributed by atoms with E-state index in [0.717, 1.165) is 16.9 Å². The third-order valence-corrected chi connectivity index (χ3v) is 4.30. The zero-order valence-corrected chi connectivity index (χ0v) is 13.8. The van der Waals surface area contributed by atoms with E-state index in [2.05, 4.69) is 20.4 Å². The van der Waals surface area contributed by atoms with Crippen LogP contribution in [0.15, 0.2) is 46.2 Å². The maximum Gasteiger partial charge on any atom is 0.274 e. The topological polar surface area (TPSA) is 89.6 Å². The molecule has 7 nitrogen and oxygen atoms in total. The number of hydrogen-bond acceptors (Lipinski definition) is 6. The van der Waals surface area contributed by atoms with Crippen molar-refractivity contribution in [3.63, 3.8) is 0 Å². The fourth-order valence-electron chi connectivity index (χ4n) is 2.81. The highest BCUT2D eigenvalue weighted by molar-refractivity contribution is 6.43. The van der Waals surface area contributed by atoms with Crippen LogP contribution in [-0.4, -0.2) is 21.6 Å². The highest BCUT2D eigenvalue weighted by atomic mass is 16.6. The van der Waals surface area contributed by atoms with Crippen molar-refractivity contribution < 1.29 is 14.0 Å². The first-order chi connectivity index (χ1) is 12.1. The van der Waals surface area contributed by atoms with Gasteiger partial charge in [0.15, 0.2) is 6.10 Å². The van der Waals surface area contributed by atoms with Gasteiger partial charge in [0.05, 0.1) is 5.39 Å². The molecule has 25 heavy (non-hydrogen) atoms. The Morgan fingerprint density at radius 3 is 2.80 bits per heavy atom. The van der Waals surface area contributed by atoms with Gasteiger partial charge in [-0.3, -0.25) is 4.79 Å². The molecule has 3 heterocycles. The molecule has 1 aromatic carbocycles. The highest BCUT2D eigenvalue weighted by Crippen LogP contribution is 2.30. The number of rotatable bonds is 3. The molecular formula is C18H16N4O3. The van der Waals surface area contributed by atoms with Crippen LogP contribution in [-0.2, 0) is 9.63 Å². The third kappa shape index (κ3) is 2.73. The molecule has 1 aliphatic heterocycles. The monoisotopic (exact) mass is 336 g/mol. The number of nitrogens with one attached hydrogen (secondary N) is 1. The molecule has 0 aliphatic carbocycles. The molecule has 0 saturated heterocycles. The van der Waals surface area contributed by atoms with Crippen LogP contribution < -0.4 is 5.32 Å². The summed E-state index contributed by atoms with van der Waals surface area (Å²) in [6.07, 6.45) is 1.53. The molecule has 1 N–H and O–H groups in total. The van der Waals surface area contributed by atoms with E-state index in [-0.39, 0.29) is 12.0 Å². The lowest BCUT2D eigenvalue weighted by Gasteiger charge is -2.07. The minimum absolute atomic E-state index is 0.245. The van der Waals surface area contributed by atoms with Crippen LogP contribution in [0.3, 0.4) is 0 Å². The Morgan fingerprint density at radius 2 is 2.00 bits per heavy atom. The number of carbonyl (C=O) groups excluding carboxylic acids is 1. The van der Waals surface area contributed by atoms with Gasteiger partial charge in [-0.25, -0.2) is 9.97 Å². The van der Waals surface area contributed by atoms with E-state index in [1.165, 1.54) is 6.33 Å². The Labute approximate surface area is 143 Å². The zero-order valence-electron chi connectivity index (χ0n) is 13.8. The molecule has 0 fully saturated rings. The maximum absolute atomic E-state index is 12.5. The predicted octanol–water partition coefficient (Wildman–Crippen LogP) is 3.30. The number of aromatic nitrogens is 2. The number of fused-ring (bicyclic) bond motifs is 1. The molecule has 3 aromatic rings. The van der Waals surface area contributed by atoms with Gasteiger partial charge in [0, 0.05) is 12.0 Å². The summed E-state index contributed by atoms with van der Waals surface area (Å²) in [6.45, 7) is 3.75. The van der Waals surface area contributed by atoms with Gasteiger partial charge in [0.1, 0.15) is 23.6 Å². The molecular weight excluding hydrogens is 320 g/mol. The summed E-state index contributed by atoms with van der Waals surface area (Å²) in [5.74, 6) is 0.823. The van der Waals surface area contributed by atoms with Gasteiger partial charge in [-0.05, 0) is 19.4 Å². The molecule has 0 radical (unpaired) electrons. The number of anilines is 1. The molecule has 1 atom stereocenters. The van der Waals surface area contributed by atoms with Gasteiger partial charge in [-0.2, -0.15) is 0 Å². The molecule has 1 amide bonds. The van der Waals surface area contributed by atoms with E-state index in [0.29, 0.717) is 29.1 Å². The normalized spacial score (nSPS) is 16.6. The summed E-state index contributed by atoms with van der Waals surface area (Å²) in [5, 5.41) is 7.43. The van der Waals surface area contributed by atoms with Crippen LogP contribution in [0, 0.1) is 13.8 Å². The van der Waals surface area contributed by atoms with E-state index in [4.69, 9.17) is 9.25 Å². The van der Waals surface area contributed by atoms with Crippen molar-refractivity contribution in [2.45, 2.75) is 26.4 Å². The number of hydrogen-bond donors (Lipinski definition) is 1. The van der Waals surface area contributed by atoms with Crippen LogP contribution in [0.1, 0.15) is 29.4 Å². The molecule has 4 rings (SSSR count). The van der Waals surface area contributed by atoms with Gasteiger partial charge in [0.25, 0.3) is 5.91 Å². The number of benzene rings is 1. The first-order valence-electron chi connectivity index (χ1n) is 7.93. The van der Waals surface area contributed by atoms with Crippen molar-refractivity contribution in [2.75, 3.05) is 5.32 Å². The fourth-order valence-corrected chi connectivity index (χ4v) is 2.81. The molecule has 2 aromatic heterocycles. The van der Waals surface area contributed by atoms with Crippen molar-refractivity contribution >= 4 is 28.5 Å². The predicted molar refractivity (Wildman–Crippen MR) is 92.2 cm³/mol. The summed E-state index contributed by atoms with van der Waals surface area (Å²) in [7, 11) is 0. The van der Waals surface area contributed by atoms with Crippen LogP contribution in [0.25, 0.3) is 11.1 Å². The summed E-state index contributed by atoms with van der Waals surface area (Å²) >= 11 is 0. The van der Waals surface area contributed by atoms with E-state index >= 15 is 0 Å². The lowest BCUT2D eigenvalue weighted by atomic mass is 10.0. The standard InChI is InChI=1S/C18H16N4O3/c1-10-11(2)24-18-15(10)16(19-9-20-18)21-17(23)13-8-14(25-22-13)12-6-4-3-5-7-12/h3-7,9,14H,8H2,1-2H3,(H,19,20,21,23). The molecule has 0 spiro atoms. The molecule has 0 bridgehead atoms. The number of oxime groups is 1. The van der Waals surface area contributed by atoms with Gasteiger partial charge < -0.3 is 14.6 Å². The number of carbonyl (C=O) groups is 1. The first kappa shape index (κ1) is 15.3. The van der Waals surface area contributed by atoms with Crippen molar-refractivity contribution in [3.05, 3.63) is 53.5 Å². The summed E-state index contributed by atoms with van der Waals surface area (Å²) in [5.41, 5.74) is 2.67. The molecule has 1 unspecified atom stereocenters. The second-order valence-corrected chi connectivity index (χ2v) is 5.89. The van der Waals surface area contributed by atoms with Crippen molar-refractivity contribution in [1.82, 2.24) is 9.97 Å². The van der Waals surface area contributed by atoms with Crippen molar-refractivity contribution in [3.8, 4) is 0 Å². The van der Waals surface area contributed by atoms with Crippen molar-refractivity contribution in [2.24, 2.45) is 5.16 Å². The summed E-state index contributed by atoms with van der Waals surface area (Å²) < 4.78 is 5.56. The van der Waals surface area contributed by atoms with E-state index < -0.39 is 0 Å². The van der Waals surface area contributed by atoms with Crippen LogP contribution in [0.4, 0.5) is 5.82 Å². The molecule has 0 saturated carbocycles. The van der Waals surface area contributed by atoms with Gasteiger partial charge >= 0.3 is 0 Å². The second-order valence-electron chi connectivity index (χ2n) is 5.89. The summed E-state index contributed by atoms with van der Waals surface area (Å²) in [6, 6.07) is 9.69. The van der Waals surface area contributed by atoms with E-state index in [1.807, 2.05) is 44.2 Å². The Bertz CT molecular complexity index is 979. The van der Waals surface area contributed by atoms with Crippen LogP contribution in [0.2, 0.25) is 0 Å². The van der Waals surface area contributed by atoms with Crippen LogP contribution >= 0.6 is 0 Å². The lowest BCUT2D eigenvalue weighted by molar-refractivity contribution is -0.110. The number of furan rings is 1. The lowest BCUT2D eigenvalue weighted by Crippen LogP contribution is -2.22. The Morgan fingerprint density at radius 1 is 1.20 bits per heavy atom. The van der Waals surface area contributed by atoms with Gasteiger partial charge in [-0.1, -0.05) is 35.5 Å². The smallest absolute Gasteiger partial charge is 0.274 e. The quantitative estimate of drug-likeness (QED) is 0.792. The Hall–Kier alpha value is -3.22. The van der Waals surface area contributed by atoms with Gasteiger partial charge in [-0.15, -0.1) is 0 Å². The zero-order chi connectivity index (χ0) is 17.4. The minimum atomic E-state index is -0.336. The Balaban J connectivity index is 1.54. The molecule has 7 heteroatoms. The Kier molecular flexibility index (Phi) is 3.68. The summed E-state index contributed by atoms with van der Waals surface area (Å²) in [4.78, 5) is 26.2. The average Bonchev–Trinajstić information content (AvgIpc) is 3.22. The largest absolute Gasteiger partial charge is 0.443 e. The van der Waals surface area contributed by atoms with E-state index in [9.17, 15) is 4.79 Å². The SMILES string of the molecule is Cc1oc2ncnc(NC(=O)C3=NOC(c4ccccc4)C3)c2c1C. The number of aryl methyl sites for hydroxylation is 2. The maximum atomic E-state index is 12.5. The third-order valence-electron chi connectivity index (χ3n) is 4.30.